The van der Waals surface area contributed by atoms with Gasteiger partial charge in [0, 0.05) is 29.2 Å². The Morgan fingerprint density at radius 1 is 1.00 bits per heavy atom. The number of carboxylic acid groups (broad SMARTS) is 1. The molecule has 0 aliphatic rings. The van der Waals surface area contributed by atoms with E-state index in [1.54, 1.807) is 30.3 Å². The molecule has 0 amide bonds. The number of hydrogen-bond acceptors (Lipinski definition) is 3. The molecule has 1 aromatic heterocycles. The summed E-state index contributed by atoms with van der Waals surface area (Å²) in [5.74, 6) is -1.53. The normalized spacial score (nSPS) is 11.4. The van der Waals surface area contributed by atoms with Crippen LogP contribution in [0.15, 0.2) is 79.0 Å². The molecular formula is C25H16FN2O2-. The highest BCUT2D eigenvalue weighted by Crippen LogP contribution is 2.27. The minimum absolute atomic E-state index is 0.0620. The van der Waals surface area contributed by atoms with Crippen molar-refractivity contribution in [3.8, 4) is 6.07 Å². The Labute approximate surface area is 172 Å². The highest BCUT2D eigenvalue weighted by atomic mass is 19.1. The van der Waals surface area contributed by atoms with Crippen LogP contribution in [0.5, 0.6) is 0 Å². The first-order valence-electron chi connectivity index (χ1n) is 9.31. The number of nitriles is 1. The molecule has 0 spiro atoms. The predicted molar refractivity (Wildman–Crippen MR) is 112 cm³/mol. The van der Waals surface area contributed by atoms with E-state index in [9.17, 15) is 19.6 Å². The van der Waals surface area contributed by atoms with Gasteiger partial charge in [-0.25, -0.2) is 4.39 Å². The highest BCUT2D eigenvalue weighted by molar-refractivity contribution is 5.98. The van der Waals surface area contributed by atoms with Gasteiger partial charge in [-0.05, 0) is 41.0 Å². The molecule has 1 heterocycles. The van der Waals surface area contributed by atoms with Gasteiger partial charge in [0.1, 0.15) is 5.82 Å². The van der Waals surface area contributed by atoms with Crippen LogP contribution in [0.1, 0.15) is 27.0 Å². The average molecular weight is 395 g/mol. The summed E-state index contributed by atoms with van der Waals surface area (Å²) >= 11 is 0. The Morgan fingerprint density at radius 3 is 2.33 bits per heavy atom. The fourth-order valence-corrected chi connectivity index (χ4v) is 3.43. The van der Waals surface area contributed by atoms with E-state index >= 15 is 0 Å². The second-order valence-corrected chi connectivity index (χ2v) is 6.89. The third-order valence-electron chi connectivity index (χ3n) is 4.94. The SMILES string of the molecule is N#C/C(=C/c1cn(Cc2ccc(F)cc2)c2ccccc12)c1ccc(C(=O)[O-])cc1. The van der Waals surface area contributed by atoms with Crippen LogP contribution in [0.3, 0.4) is 0 Å². The van der Waals surface area contributed by atoms with Crippen molar-refractivity contribution >= 4 is 28.5 Å². The number of hydrogen-bond donors (Lipinski definition) is 0. The summed E-state index contributed by atoms with van der Waals surface area (Å²) in [7, 11) is 0. The molecule has 4 nitrogen and oxygen atoms in total. The minimum atomic E-state index is -1.26. The molecule has 0 saturated carbocycles. The average Bonchev–Trinajstić information content (AvgIpc) is 3.11. The van der Waals surface area contributed by atoms with E-state index in [4.69, 9.17) is 0 Å². The summed E-state index contributed by atoms with van der Waals surface area (Å²) in [6, 6.07) is 22.5. The van der Waals surface area contributed by atoms with E-state index in [0.717, 1.165) is 22.0 Å². The maximum Gasteiger partial charge on any atom is 0.123 e. The third-order valence-corrected chi connectivity index (χ3v) is 4.94. The van der Waals surface area contributed by atoms with E-state index in [1.807, 2.05) is 30.5 Å². The van der Waals surface area contributed by atoms with Crippen LogP contribution in [0, 0.1) is 17.1 Å². The van der Waals surface area contributed by atoms with Crippen molar-refractivity contribution in [2.24, 2.45) is 0 Å². The zero-order valence-corrected chi connectivity index (χ0v) is 15.9. The maximum atomic E-state index is 13.2. The lowest BCUT2D eigenvalue weighted by atomic mass is 10.0. The molecule has 0 fully saturated rings. The van der Waals surface area contributed by atoms with Gasteiger partial charge in [-0.2, -0.15) is 5.26 Å². The fraction of sp³-hybridized carbons (Fsp3) is 0.0400. The Balaban J connectivity index is 1.75. The van der Waals surface area contributed by atoms with Gasteiger partial charge in [0.05, 0.1) is 17.6 Å². The van der Waals surface area contributed by atoms with Crippen LogP contribution in [-0.4, -0.2) is 10.5 Å². The number of rotatable bonds is 5. The number of benzene rings is 3. The van der Waals surface area contributed by atoms with Gasteiger partial charge in [0.25, 0.3) is 0 Å². The fourth-order valence-electron chi connectivity index (χ4n) is 3.43. The summed E-state index contributed by atoms with van der Waals surface area (Å²) in [5.41, 5.74) is 3.94. The summed E-state index contributed by atoms with van der Waals surface area (Å²) < 4.78 is 15.3. The first-order chi connectivity index (χ1) is 14.5. The molecule has 4 rings (SSSR count). The van der Waals surface area contributed by atoms with Crippen LogP contribution in [-0.2, 0) is 6.54 Å². The van der Waals surface area contributed by atoms with Gasteiger partial charge >= 0.3 is 0 Å². The Bertz CT molecular complexity index is 1290. The molecule has 0 N–H and O–H groups in total. The number of carbonyl (C=O) groups excluding carboxylic acids is 1. The molecule has 0 atom stereocenters. The first kappa shape index (κ1) is 19.2. The van der Waals surface area contributed by atoms with Crippen molar-refractivity contribution < 1.29 is 14.3 Å². The zero-order chi connectivity index (χ0) is 21.1. The first-order valence-corrected chi connectivity index (χ1v) is 9.31. The molecule has 4 aromatic rings. The molecule has 3 aromatic carbocycles. The molecule has 0 radical (unpaired) electrons. The van der Waals surface area contributed by atoms with Crippen LogP contribution < -0.4 is 5.11 Å². The second-order valence-electron chi connectivity index (χ2n) is 6.89. The molecule has 30 heavy (non-hydrogen) atoms. The Hall–Kier alpha value is -4.17. The van der Waals surface area contributed by atoms with Gasteiger partial charge < -0.3 is 14.5 Å². The summed E-state index contributed by atoms with van der Waals surface area (Å²) in [6.07, 6.45) is 3.75. The lowest BCUT2D eigenvalue weighted by molar-refractivity contribution is -0.255. The number of aromatic carboxylic acids is 1. The second kappa shape index (κ2) is 8.06. The third kappa shape index (κ3) is 3.85. The van der Waals surface area contributed by atoms with E-state index in [0.29, 0.717) is 17.7 Å². The van der Waals surface area contributed by atoms with Crippen molar-refractivity contribution in [3.05, 3.63) is 107 Å². The van der Waals surface area contributed by atoms with E-state index in [2.05, 4.69) is 10.6 Å². The minimum Gasteiger partial charge on any atom is -0.545 e. The molecular weight excluding hydrogens is 379 g/mol. The number of aromatic nitrogens is 1. The van der Waals surface area contributed by atoms with Crippen molar-refractivity contribution in [2.75, 3.05) is 0 Å². The predicted octanol–water partition coefficient (Wildman–Crippen LogP) is 4.26. The lowest BCUT2D eigenvalue weighted by Gasteiger charge is -2.05. The smallest absolute Gasteiger partial charge is 0.123 e. The molecule has 0 aliphatic heterocycles. The zero-order valence-electron chi connectivity index (χ0n) is 15.9. The number of nitrogens with zero attached hydrogens (tertiary/aromatic N) is 2. The number of fused-ring (bicyclic) bond motifs is 1. The quantitative estimate of drug-likeness (QED) is 0.474. The molecule has 0 bridgehead atoms. The van der Waals surface area contributed by atoms with Gasteiger partial charge in [-0.15, -0.1) is 0 Å². The van der Waals surface area contributed by atoms with E-state index < -0.39 is 5.97 Å². The van der Waals surface area contributed by atoms with Gasteiger partial charge in [0.2, 0.25) is 0 Å². The van der Waals surface area contributed by atoms with Crippen LogP contribution in [0.2, 0.25) is 0 Å². The molecule has 0 saturated heterocycles. The van der Waals surface area contributed by atoms with Crippen molar-refractivity contribution in [3.63, 3.8) is 0 Å². The van der Waals surface area contributed by atoms with Crippen molar-refractivity contribution in [1.29, 1.82) is 5.26 Å². The Kier molecular flexibility index (Phi) is 5.15. The van der Waals surface area contributed by atoms with Crippen LogP contribution >= 0.6 is 0 Å². The molecule has 0 aliphatic carbocycles. The lowest BCUT2D eigenvalue weighted by Crippen LogP contribution is -2.21. The summed E-state index contributed by atoms with van der Waals surface area (Å²) in [4.78, 5) is 10.9. The molecule has 0 unspecified atom stereocenters. The number of carboxylic acids is 1. The van der Waals surface area contributed by atoms with Crippen molar-refractivity contribution in [1.82, 2.24) is 4.57 Å². The number of allylic oxidation sites excluding steroid dienone is 1. The summed E-state index contributed by atoms with van der Waals surface area (Å²) in [6.45, 7) is 0.566. The van der Waals surface area contributed by atoms with Crippen LogP contribution in [0.25, 0.3) is 22.6 Å². The van der Waals surface area contributed by atoms with Crippen molar-refractivity contribution in [2.45, 2.75) is 6.54 Å². The maximum absolute atomic E-state index is 13.2. The number of para-hydroxylation sites is 1. The Morgan fingerprint density at radius 2 is 1.67 bits per heavy atom. The topological polar surface area (TPSA) is 68.8 Å². The highest BCUT2D eigenvalue weighted by Gasteiger charge is 2.09. The van der Waals surface area contributed by atoms with E-state index in [-0.39, 0.29) is 11.4 Å². The summed E-state index contributed by atoms with van der Waals surface area (Å²) in [5, 5.41) is 21.6. The van der Waals surface area contributed by atoms with Gasteiger partial charge in [0.15, 0.2) is 0 Å². The van der Waals surface area contributed by atoms with Gasteiger partial charge in [-0.3, -0.25) is 0 Å². The molecule has 146 valence electrons. The largest absolute Gasteiger partial charge is 0.545 e. The number of carbonyl (C=O) groups is 1. The van der Waals surface area contributed by atoms with Gasteiger partial charge in [-0.1, -0.05) is 54.6 Å². The standard InChI is InChI=1S/C25H17FN2O2/c26-22-11-5-17(6-12-22)15-28-16-21(23-3-1-2-4-24(23)28)13-20(14-27)18-7-9-19(10-8-18)25(29)30/h1-13,16H,15H2,(H,29,30)/p-1/b20-13-. The van der Waals surface area contributed by atoms with Crippen LogP contribution in [0.4, 0.5) is 4.39 Å². The monoisotopic (exact) mass is 395 g/mol. The number of halogens is 1. The molecule has 5 heteroatoms. The van der Waals surface area contributed by atoms with E-state index in [1.165, 1.54) is 24.3 Å².